The van der Waals surface area contributed by atoms with Gasteiger partial charge in [0.05, 0.1) is 18.4 Å². The summed E-state index contributed by atoms with van der Waals surface area (Å²) >= 11 is 5.87. The number of ether oxygens (including phenoxy) is 2. The highest BCUT2D eigenvalue weighted by atomic mass is 35.5. The largest absolute Gasteiger partial charge is 0.493 e. The van der Waals surface area contributed by atoms with Crippen LogP contribution in [0.4, 0.5) is 0 Å². The van der Waals surface area contributed by atoms with Gasteiger partial charge < -0.3 is 19.1 Å². The number of carboxylic acids is 1. The number of aromatic nitrogens is 1. The second-order valence-electron chi connectivity index (χ2n) is 4.38. The molecule has 6 nitrogen and oxygen atoms in total. The highest BCUT2D eigenvalue weighted by Gasteiger charge is 2.19. The summed E-state index contributed by atoms with van der Waals surface area (Å²) in [6, 6.07) is 2.81. The third kappa shape index (κ3) is 3.11. The Labute approximate surface area is 126 Å². The van der Waals surface area contributed by atoms with Crippen LogP contribution in [0.25, 0.3) is 0 Å². The number of benzene rings is 1. The van der Waals surface area contributed by atoms with Crippen molar-refractivity contribution >= 4 is 17.6 Å². The Hall–Kier alpha value is -2.21. The molecule has 1 aromatic heterocycles. The van der Waals surface area contributed by atoms with Crippen LogP contribution < -0.4 is 9.47 Å². The molecule has 0 amide bonds. The lowest BCUT2D eigenvalue weighted by atomic mass is 10.1. The molecule has 2 aromatic rings. The Balaban J connectivity index is 2.37. The van der Waals surface area contributed by atoms with Crippen LogP contribution in [0.3, 0.4) is 0 Å². The molecule has 1 aromatic carbocycles. The predicted molar refractivity (Wildman–Crippen MR) is 75.3 cm³/mol. The number of carboxylic acid groups (broad SMARTS) is 1. The molecule has 0 radical (unpaired) electrons. The average Bonchev–Trinajstić information content (AvgIpc) is 2.75. The van der Waals surface area contributed by atoms with Crippen LogP contribution in [0.1, 0.15) is 27.4 Å². The van der Waals surface area contributed by atoms with E-state index in [2.05, 4.69) is 5.16 Å². The zero-order chi connectivity index (χ0) is 15.6. The maximum atomic E-state index is 11.3. The first-order valence-electron chi connectivity index (χ1n) is 6.09. The maximum absolute atomic E-state index is 11.3. The smallest absolute Gasteiger partial charge is 0.339 e. The SMILES string of the molecule is COc1cc(Cl)cc(C(=O)O)c1OCc1c(C)noc1C. The topological polar surface area (TPSA) is 81.8 Å². The van der Waals surface area contributed by atoms with Gasteiger partial charge in [0.25, 0.3) is 0 Å². The van der Waals surface area contributed by atoms with Crippen LogP contribution >= 0.6 is 11.6 Å². The van der Waals surface area contributed by atoms with Gasteiger partial charge >= 0.3 is 5.97 Å². The molecule has 0 atom stereocenters. The summed E-state index contributed by atoms with van der Waals surface area (Å²) in [5.41, 5.74) is 1.40. The van der Waals surface area contributed by atoms with E-state index in [1.54, 1.807) is 13.8 Å². The van der Waals surface area contributed by atoms with Gasteiger partial charge in [0, 0.05) is 11.1 Å². The lowest BCUT2D eigenvalue weighted by molar-refractivity contribution is 0.0691. The predicted octanol–water partition coefficient (Wildman–Crippen LogP) is 3.23. The Morgan fingerprint density at radius 1 is 1.43 bits per heavy atom. The quantitative estimate of drug-likeness (QED) is 0.913. The Kier molecular flexibility index (Phi) is 4.37. The van der Waals surface area contributed by atoms with Crippen LogP contribution in [0.2, 0.25) is 5.02 Å². The van der Waals surface area contributed by atoms with Crippen molar-refractivity contribution in [2.24, 2.45) is 0 Å². The lowest BCUT2D eigenvalue weighted by Crippen LogP contribution is -2.06. The summed E-state index contributed by atoms with van der Waals surface area (Å²) in [6.07, 6.45) is 0. The van der Waals surface area contributed by atoms with Crippen molar-refractivity contribution in [2.75, 3.05) is 7.11 Å². The third-order valence-electron chi connectivity index (χ3n) is 3.01. The molecular formula is C14H14ClNO5. The van der Waals surface area contributed by atoms with Gasteiger partial charge in [-0.3, -0.25) is 0 Å². The summed E-state index contributed by atoms with van der Waals surface area (Å²) in [6.45, 7) is 3.67. The molecule has 0 bridgehead atoms. The van der Waals surface area contributed by atoms with Crippen LogP contribution in [-0.4, -0.2) is 23.3 Å². The normalized spacial score (nSPS) is 10.5. The number of hydrogen-bond acceptors (Lipinski definition) is 5. The second kappa shape index (κ2) is 6.05. The van der Waals surface area contributed by atoms with Gasteiger partial charge in [-0.1, -0.05) is 16.8 Å². The zero-order valence-electron chi connectivity index (χ0n) is 11.8. The van der Waals surface area contributed by atoms with Crippen LogP contribution in [0, 0.1) is 13.8 Å². The number of halogens is 1. The van der Waals surface area contributed by atoms with Gasteiger partial charge in [-0.15, -0.1) is 0 Å². The first kappa shape index (κ1) is 15.2. The fourth-order valence-corrected chi connectivity index (χ4v) is 2.09. The third-order valence-corrected chi connectivity index (χ3v) is 3.23. The first-order valence-corrected chi connectivity index (χ1v) is 6.47. The summed E-state index contributed by atoms with van der Waals surface area (Å²) in [4.78, 5) is 11.3. The summed E-state index contributed by atoms with van der Waals surface area (Å²) < 4.78 is 15.8. The molecule has 7 heteroatoms. The molecule has 2 rings (SSSR count). The number of methoxy groups -OCH3 is 1. The average molecular weight is 312 g/mol. The Morgan fingerprint density at radius 3 is 2.67 bits per heavy atom. The van der Waals surface area contributed by atoms with Crippen molar-refractivity contribution in [1.29, 1.82) is 0 Å². The van der Waals surface area contributed by atoms with Crippen molar-refractivity contribution in [3.63, 3.8) is 0 Å². The Bertz CT molecular complexity index is 661. The molecule has 0 aliphatic carbocycles. The molecule has 0 saturated heterocycles. The van der Waals surface area contributed by atoms with E-state index in [0.717, 1.165) is 5.56 Å². The fraction of sp³-hybridized carbons (Fsp3) is 0.286. The molecule has 21 heavy (non-hydrogen) atoms. The lowest BCUT2D eigenvalue weighted by Gasteiger charge is -2.13. The van der Waals surface area contributed by atoms with Crippen molar-refractivity contribution in [3.8, 4) is 11.5 Å². The van der Waals surface area contributed by atoms with Gasteiger partial charge in [-0.25, -0.2) is 4.79 Å². The van der Waals surface area contributed by atoms with E-state index in [0.29, 0.717) is 11.5 Å². The van der Waals surface area contributed by atoms with E-state index in [-0.39, 0.29) is 28.7 Å². The number of rotatable bonds is 5. The molecule has 0 unspecified atom stereocenters. The van der Waals surface area contributed by atoms with E-state index in [1.165, 1.54) is 19.2 Å². The molecule has 1 N–H and O–H groups in total. The summed E-state index contributed by atoms with van der Waals surface area (Å²) in [7, 11) is 1.42. The monoisotopic (exact) mass is 311 g/mol. The Morgan fingerprint density at radius 2 is 2.14 bits per heavy atom. The van der Waals surface area contributed by atoms with E-state index in [9.17, 15) is 9.90 Å². The minimum atomic E-state index is -1.15. The van der Waals surface area contributed by atoms with Gasteiger partial charge in [0.15, 0.2) is 11.5 Å². The van der Waals surface area contributed by atoms with E-state index < -0.39 is 5.97 Å². The number of nitrogens with zero attached hydrogens (tertiary/aromatic N) is 1. The molecule has 0 spiro atoms. The molecule has 1 heterocycles. The van der Waals surface area contributed by atoms with Gasteiger partial charge in [0.2, 0.25) is 0 Å². The highest BCUT2D eigenvalue weighted by molar-refractivity contribution is 6.31. The number of hydrogen-bond donors (Lipinski definition) is 1. The molecular weight excluding hydrogens is 298 g/mol. The van der Waals surface area contributed by atoms with Crippen molar-refractivity contribution in [3.05, 3.63) is 39.7 Å². The molecule has 0 aliphatic heterocycles. The maximum Gasteiger partial charge on any atom is 0.339 e. The summed E-state index contributed by atoms with van der Waals surface area (Å²) in [5, 5.41) is 13.3. The van der Waals surface area contributed by atoms with Gasteiger partial charge in [0.1, 0.15) is 17.9 Å². The fourth-order valence-electron chi connectivity index (χ4n) is 1.88. The van der Waals surface area contributed by atoms with E-state index >= 15 is 0 Å². The molecule has 0 aliphatic rings. The summed E-state index contributed by atoms with van der Waals surface area (Å²) in [5.74, 6) is -0.150. The molecule has 112 valence electrons. The highest BCUT2D eigenvalue weighted by Crippen LogP contribution is 2.35. The van der Waals surface area contributed by atoms with Gasteiger partial charge in [-0.2, -0.15) is 0 Å². The number of aromatic carboxylic acids is 1. The number of aryl methyl sites for hydroxylation is 2. The first-order chi connectivity index (χ1) is 9.93. The molecule has 0 saturated carbocycles. The standard InChI is InChI=1S/C14H14ClNO5/c1-7-11(8(2)21-16-7)6-20-13-10(14(17)18)4-9(15)5-12(13)19-3/h4-5H,6H2,1-3H3,(H,17,18). The van der Waals surface area contributed by atoms with Crippen molar-refractivity contribution < 1.29 is 23.9 Å². The van der Waals surface area contributed by atoms with E-state index in [1.807, 2.05) is 0 Å². The van der Waals surface area contributed by atoms with E-state index in [4.69, 9.17) is 25.6 Å². The van der Waals surface area contributed by atoms with Crippen molar-refractivity contribution in [2.45, 2.75) is 20.5 Å². The second-order valence-corrected chi connectivity index (χ2v) is 4.82. The zero-order valence-corrected chi connectivity index (χ0v) is 12.5. The minimum Gasteiger partial charge on any atom is -0.493 e. The van der Waals surface area contributed by atoms with Gasteiger partial charge in [-0.05, 0) is 19.9 Å². The number of carbonyl (C=O) groups is 1. The molecule has 0 fully saturated rings. The van der Waals surface area contributed by atoms with Crippen LogP contribution in [0.15, 0.2) is 16.7 Å². The minimum absolute atomic E-state index is 0.0638. The van der Waals surface area contributed by atoms with Crippen LogP contribution in [0.5, 0.6) is 11.5 Å². The van der Waals surface area contributed by atoms with Crippen LogP contribution in [-0.2, 0) is 6.61 Å². The van der Waals surface area contributed by atoms with Crippen molar-refractivity contribution in [1.82, 2.24) is 5.16 Å².